The number of amides is 1. The zero-order valence-electron chi connectivity index (χ0n) is 15.1. The van der Waals surface area contributed by atoms with E-state index < -0.39 is 17.7 Å². The van der Waals surface area contributed by atoms with Gasteiger partial charge >= 0.3 is 0 Å². The maximum absolute atomic E-state index is 12.7. The van der Waals surface area contributed by atoms with Gasteiger partial charge in [-0.05, 0) is 25.0 Å². The number of aliphatic hydroxyl groups excluding tert-OH is 1. The maximum Gasteiger partial charge on any atom is 0.295 e. The number of aryl methyl sites for hydroxylation is 1. The number of rotatable bonds is 4. The van der Waals surface area contributed by atoms with Crippen LogP contribution in [0.5, 0.6) is 0 Å². The highest BCUT2D eigenvalue weighted by molar-refractivity contribution is 6.46. The van der Waals surface area contributed by atoms with Crippen molar-refractivity contribution >= 4 is 17.4 Å². The number of pyridine rings is 1. The van der Waals surface area contributed by atoms with E-state index in [4.69, 9.17) is 0 Å². The standard InChI is InChI=1S/C21H22N2O3/c1-13(2)12-23-18(16-6-4-5-11-22-16)17(20(25)21(23)26)19(24)15-9-7-14(3)8-10-15/h4-11,13,18,24H,12H2,1-3H3/t18-/m1/s1. The van der Waals surface area contributed by atoms with Gasteiger partial charge in [-0.15, -0.1) is 0 Å². The van der Waals surface area contributed by atoms with Crippen molar-refractivity contribution in [1.82, 2.24) is 9.88 Å². The summed E-state index contributed by atoms with van der Waals surface area (Å²) in [4.78, 5) is 31.2. The van der Waals surface area contributed by atoms with Crippen LogP contribution in [0.3, 0.4) is 0 Å². The third kappa shape index (κ3) is 3.25. The van der Waals surface area contributed by atoms with Crippen LogP contribution >= 0.6 is 0 Å². The van der Waals surface area contributed by atoms with Crippen molar-refractivity contribution in [2.24, 2.45) is 5.92 Å². The normalized spacial score (nSPS) is 19.4. The van der Waals surface area contributed by atoms with Gasteiger partial charge in [-0.3, -0.25) is 14.6 Å². The minimum Gasteiger partial charge on any atom is -0.507 e. The summed E-state index contributed by atoms with van der Waals surface area (Å²) >= 11 is 0. The van der Waals surface area contributed by atoms with Gasteiger partial charge in [0.05, 0.1) is 11.3 Å². The number of aliphatic hydroxyl groups is 1. The van der Waals surface area contributed by atoms with Crippen molar-refractivity contribution < 1.29 is 14.7 Å². The monoisotopic (exact) mass is 350 g/mol. The Bertz CT molecular complexity index is 855. The first kappa shape index (κ1) is 17.9. The Balaban J connectivity index is 2.17. The Labute approximate surface area is 153 Å². The number of hydrogen-bond acceptors (Lipinski definition) is 4. The molecule has 0 spiro atoms. The van der Waals surface area contributed by atoms with Crippen LogP contribution < -0.4 is 0 Å². The predicted octanol–water partition coefficient (Wildman–Crippen LogP) is 3.47. The molecule has 0 aliphatic carbocycles. The lowest BCUT2D eigenvalue weighted by atomic mass is 9.97. The number of Topliss-reactive ketones (excluding diaryl/α,β-unsaturated/α-hetero) is 1. The van der Waals surface area contributed by atoms with Gasteiger partial charge in [-0.1, -0.05) is 49.7 Å². The van der Waals surface area contributed by atoms with Gasteiger partial charge in [0.2, 0.25) is 0 Å². The van der Waals surface area contributed by atoms with Gasteiger partial charge in [0.1, 0.15) is 11.8 Å². The maximum atomic E-state index is 12.7. The quantitative estimate of drug-likeness (QED) is 0.521. The zero-order chi connectivity index (χ0) is 18.8. The lowest BCUT2D eigenvalue weighted by molar-refractivity contribution is -0.140. The highest BCUT2D eigenvalue weighted by Gasteiger charge is 2.46. The average Bonchev–Trinajstić information content (AvgIpc) is 2.87. The van der Waals surface area contributed by atoms with E-state index in [-0.39, 0.29) is 17.3 Å². The van der Waals surface area contributed by atoms with Crippen molar-refractivity contribution in [3.05, 3.63) is 71.1 Å². The molecule has 5 heteroatoms. The molecule has 3 rings (SSSR count). The molecule has 0 bridgehead atoms. The molecule has 26 heavy (non-hydrogen) atoms. The topological polar surface area (TPSA) is 70.5 Å². The van der Waals surface area contributed by atoms with E-state index in [9.17, 15) is 14.7 Å². The van der Waals surface area contributed by atoms with Crippen LogP contribution in [0.1, 0.15) is 36.7 Å². The molecule has 2 heterocycles. The van der Waals surface area contributed by atoms with Crippen LogP contribution in [0.2, 0.25) is 0 Å². The van der Waals surface area contributed by atoms with Crippen LogP contribution in [0.15, 0.2) is 54.2 Å². The summed E-state index contributed by atoms with van der Waals surface area (Å²) in [5.74, 6) is -1.24. The van der Waals surface area contributed by atoms with Gasteiger partial charge in [-0.25, -0.2) is 0 Å². The fourth-order valence-corrected chi connectivity index (χ4v) is 3.17. The number of carbonyl (C=O) groups excluding carboxylic acids is 2. The molecule has 1 aromatic carbocycles. The molecule has 1 fully saturated rings. The number of ketones is 1. The van der Waals surface area contributed by atoms with Crippen molar-refractivity contribution in [2.75, 3.05) is 6.54 Å². The Morgan fingerprint density at radius 2 is 1.85 bits per heavy atom. The molecule has 0 radical (unpaired) electrons. The smallest absolute Gasteiger partial charge is 0.295 e. The molecular formula is C21H22N2O3. The summed E-state index contributed by atoms with van der Waals surface area (Å²) in [6.45, 7) is 6.32. The molecule has 1 saturated heterocycles. The van der Waals surface area contributed by atoms with Gasteiger partial charge in [0.15, 0.2) is 0 Å². The molecule has 1 aliphatic rings. The molecule has 5 nitrogen and oxygen atoms in total. The van der Waals surface area contributed by atoms with Gasteiger partial charge in [-0.2, -0.15) is 0 Å². The second kappa shape index (κ2) is 7.12. The number of hydrogen-bond donors (Lipinski definition) is 1. The van der Waals surface area contributed by atoms with Crippen molar-refractivity contribution in [1.29, 1.82) is 0 Å². The Morgan fingerprint density at radius 3 is 2.42 bits per heavy atom. The molecule has 1 atom stereocenters. The molecule has 0 saturated carbocycles. The third-order valence-corrected chi connectivity index (χ3v) is 4.39. The van der Waals surface area contributed by atoms with Crippen LogP contribution in [0.25, 0.3) is 5.76 Å². The van der Waals surface area contributed by atoms with Gasteiger partial charge in [0.25, 0.3) is 11.7 Å². The Morgan fingerprint density at radius 1 is 1.15 bits per heavy atom. The third-order valence-electron chi connectivity index (χ3n) is 4.39. The molecule has 1 amide bonds. The van der Waals surface area contributed by atoms with E-state index in [2.05, 4.69) is 4.98 Å². The number of carbonyl (C=O) groups is 2. The minimum absolute atomic E-state index is 0.0956. The van der Waals surface area contributed by atoms with Crippen LogP contribution in [-0.2, 0) is 9.59 Å². The lowest BCUT2D eigenvalue weighted by Crippen LogP contribution is -2.33. The summed E-state index contributed by atoms with van der Waals surface area (Å²) in [7, 11) is 0. The first-order valence-corrected chi connectivity index (χ1v) is 8.66. The highest BCUT2D eigenvalue weighted by Crippen LogP contribution is 2.38. The largest absolute Gasteiger partial charge is 0.507 e. The minimum atomic E-state index is -0.681. The summed E-state index contributed by atoms with van der Waals surface area (Å²) in [5, 5.41) is 10.8. The number of nitrogens with zero attached hydrogens (tertiary/aromatic N) is 2. The van der Waals surface area contributed by atoms with Crippen LogP contribution in [0.4, 0.5) is 0 Å². The van der Waals surface area contributed by atoms with Crippen LogP contribution in [0, 0.1) is 12.8 Å². The van der Waals surface area contributed by atoms with E-state index in [1.165, 1.54) is 4.90 Å². The molecule has 0 unspecified atom stereocenters. The van der Waals surface area contributed by atoms with E-state index in [1.54, 1.807) is 30.5 Å². The molecule has 1 N–H and O–H groups in total. The second-order valence-corrected chi connectivity index (χ2v) is 6.97. The number of benzene rings is 1. The number of likely N-dealkylation sites (tertiary alicyclic amines) is 1. The number of aromatic nitrogens is 1. The lowest BCUT2D eigenvalue weighted by Gasteiger charge is -2.26. The van der Waals surface area contributed by atoms with Crippen molar-refractivity contribution in [3.63, 3.8) is 0 Å². The molecule has 2 aromatic rings. The summed E-state index contributed by atoms with van der Waals surface area (Å²) < 4.78 is 0. The Hall–Kier alpha value is -2.95. The van der Waals surface area contributed by atoms with E-state index >= 15 is 0 Å². The Kier molecular flexibility index (Phi) is 4.89. The SMILES string of the molecule is Cc1ccc(C(O)=C2C(=O)C(=O)N(CC(C)C)[C@@H]2c2ccccn2)cc1. The second-order valence-electron chi connectivity index (χ2n) is 6.97. The first-order chi connectivity index (χ1) is 12.4. The predicted molar refractivity (Wildman–Crippen MR) is 99.3 cm³/mol. The summed E-state index contributed by atoms with van der Waals surface area (Å²) in [6, 6.07) is 11.9. The fraction of sp³-hybridized carbons (Fsp3) is 0.286. The zero-order valence-corrected chi connectivity index (χ0v) is 15.1. The first-order valence-electron chi connectivity index (χ1n) is 8.66. The van der Waals surface area contributed by atoms with E-state index in [0.717, 1.165) is 5.56 Å². The van der Waals surface area contributed by atoms with Crippen LogP contribution in [-0.4, -0.2) is 33.2 Å². The molecule has 1 aliphatic heterocycles. The van der Waals surface area contributed by atoms with Gasteiger partial charge in [0, 0.05) is 18.3 Å². The molecular weight excluding hydrogens is 328 g/mol. The average molecular weight is 350 g/mol. The van der Waals surface area contributed by atoms with E-state index in [0.29, 0.717) is 17.8 Å². The molecule has 1 aromatic heterocycles. The van der Waals surface area contributed by atoms with Crippen molar-refractivity contribution in [2.45, 2.75) is 26.8 Å². The molecule has 134 valence electrons. The highest BCUT2D eigenvalue weighted by atomic mass is 16.3. The summed E-state index contributed by atoms with van der Waals surface area (Å²) in [6.07, 6.45) is 1.62. The summed E-state index contributed by atoms with van der Waals surface area (Å²) in [5.41, 5.74) is 2.22. The van der Waals surface area contributed by atoms with E-state index in [1.807, 2.05) is 39.0 Å². The van der Waals surface area contributed by atoms with Crippen molar-refractivity contribution in [3.8, 4) is 0 Å². The van der Waals surface area contributed by atoms with Gasteiger partial charge < -0.3 is 10.0 Å². The fourth-order valence-electron chi connectivity index (χ4n) is 3.17.